The molecule has 0 aliphatic carbocycles. The van der Waals surface area contributed by atoms with Crippen LogP contribution in [0.4, 0.5) is 11.4 Å². The van der Waals surface area contributed by atoms with Crippen molar-refractivity contribution in [3.63, 3.8) is 0 Å². The highest BCUT2D eigenvalue weighted by Gasteiger charge is 2.10. The van der Waals surface area contributed by atoms with Crippen LogP contribution in [0.2, 0.25) is 0 Å². The molecule has 0 saturated carbocycles. The van der Waals surface area contributed by atoms with Crippen LogP contribution >= 0.6 is 15.9 Å². The number of carbonyl (C=O) groups is 1. The molecule has 19 heavy (non-hydrogen) atoms. The van der Waals surface area contributed by atoms with Crippen molar-refractivity contribution in [1.29, 1.82) is 0 Å². The normalized spacial score (nSPS) is 10.1. The molecule has 5 heteroatoms. The fraction of sp³-hybridized carbons (Fsp3) is 0.143. The lowest BCUT2D eigenvalue weighted by Crippen LogP contribution is -2.16. The summed E-state index contributed by atoms with van der Waals surface area (Å²) in [7, 11) is 3.84. The highest BCUT2D eigenvalue weighted by molar-refractivity contribution is 9.10. The van der Waals surface area contributed by atoms with E-state index in [1.807, 2.05) is 37.2 Å². The average molecular weight is 320 g/mol. The Morgan fingerprint density at radius 1 is 1.32 bits per heavy atom. The molecule has 0 fully saturated rings. The zero-order chi connectivity index (χ0) is 13.8. The average Bonchev–Trinajstić information content (AvgIpc) is 2.39. The first-order chi connectivity index (χ1) is 9.08. The van der Waals surface area contributed by atoms with Crippen molar-refractivity contribution in [1.82, 2.24) is 4.98 Å². The highest BCUT2D eigenvalue weighted by atomic mass is 79.9. The molecule has 2 aromatic rings. The molecule has 0 saturated heterocycles. The third-order valence-corrected chi connectivity index (χ3v) is 3.11. The van der Waals surface area contributed by atoms with Gasteiger partial charge in [0.25, 0.3) is 5.91 Å². The Hall–Kier alpha value is -1.88. The standard InChI is InChI=1S/C14H14BrN3O/c1-18(2)13-6-7-16-9-12(13)17-14(19)10-4-3-5-11(15)8-10/h3-9H,1-2H3,(H,17,19). The topological polar surface area (TPSA) is 45.2 Å². The Balaban J connectivity index is 2.24. The molecule has 0 aliphatic heterocycles. The zero-order valence-corrected chi connectivity index (χ0v) is 12.3. The minimum atomic E-state index is -0.155. The van der Waals surface area contributed by atoms with Crippen molar-refractivity contribution < 1.29 is 4.79 Å². The minimum Gasteiger partial charge on any atom is -0.376 e. The van der Waals surface area contributed by atoms with Crippen molar-refractivity contribution in [2.24, 2.45) is 0 Å². The number of carbonyl (C=O) groups excluding carboxylic acids is 1. The van der Waals surface area contributed by atoms with E-state index < -0.39 is 0 Å². The monoisotopic (exact) mass is 319 g/mol. The molecule has 98 valence electrons. The van der Waals surface area contributed by atoms with Crippen molar-refractivity contribution >= 4 is 33.2 Å². The van der Waals surface area contributed by atoms with E-state index >= 15 is 0 Å². The van der Waals surface area contributed by atoms with Crippen molar-refractivity contribution in [2.75, 3.05) is 24.3 Å². The summed E-state index contributed by atoms with van der Waals surface area (Å²) >= 11 is 3.35. The maximum absolute atomic E-state index is 12.2. The molecule has 1 aromatic heterocycles. The molecule has 0 bridgehead atoms. The maximum Gasteiger partial charge on any atom is 0.255 e. The van der Waals surface area contributed by atoms with E-state index in [4.69, 9.17) is 0 Å². The zero-order valence-electron chi connectivity index (χ0n) is 10.7. The summed E-state index contributed by atoms with van der Waals surface area (Å²) in [5.74, 6) is -0.155. The van der Waals surface area contributed by atoms with Crippen LogP contribution in [0.5, 0.6) is 0 Å². The number of pyridine rings is 1. The molecule has 1 N–H and O–H groups in total. The van der Waals surface area contributed by atoms with Crippen molar-refractivity contribution in [3.8, 4) is 0 Å². The van der Waals surface area contributed by atoms with Gasteiger partial charge in [0.2, 0.25) is 0 Å². The lowest BCUT2D eigenvalue weighted by molar-refractivity contribution is 0.102. The summed E-state index contributed by atoms with van der Waals surface area (Å²) < 4.78 is 0.874. The van der Waals surface area contributed by atoms with Gasteiger partial charge in [0.15, 0.2) is 0 Å². The van der Waals surface area contributed by atoms with Gasteiger partial charge in [-0.1, -0.05) is 22.0 Å². The smallest absolute Gasteiger partial charge is 0.255 e. The van der Waals surface area contributed by atoms with Gasteiger partial charge >= 0.3 is 0 Å². The fourth-order valence-electron chi connectivity index (χ4n) is 1.70. The van der Waals surface area contributed by atoms with Crippen LogP contribution in [-0.4, -0.2) is 25.0 Å². The van der Waals surface area contributed by atoms with Gasteiger partial charge in [0.1, 0.15) is 0 Å². The fourth-order valence-corrected chi connectivity index (χ4v) is 2.10. The van der Waals surface area contributed by atoms with Crippen LogP contribution in [0.25, 0.3) is 0 Å². The number of nitrogens with zero attached hydrogens (tertiary/aromatic N) is 2. The number of benzene rings is 1. The molecule has 4 nitrogen and oxygen atoms in total. The van der Waals surface area contributed by atoms with Crippen LogP contribution in [0.1, 0.15) is 10.4 Å². The van der Waals surface area contributed by atoms with Crippen LogP contribution < -0.4 is 10.2 Å². The third-order valence-electron chi connectivity index (χ3n) is 2.61. The highest BCUT2D eigenvalue weighted by Crippen LogP contribution is 2.23. The first kappa shape index (κ1) is 13.5. The predicted octanol–water partition coefficient (Wildman–Crippen LogP) is 3.16. The van der Waals surface area contributed by atoms with Crippen molar-refractivity contribution in [3.05, 3.63) is 52.8 Å². The van der Waals surface area contributed by atoms with Gasteiger partial charge in [0.05, 0.1) is 17.6 Å². The molecule has 0 spiro atoms. The summed E-state index contributed by atoms with van der Waals surface area (Å²) in [6.45, 7) is 0. The van der Waals surface area contributed by atoms with Gasteiger partial charge in [-0.2, -0.15) is 0 Å². The van der Waals surface area contributed by atoms with E-state index in [0.29, 0.717) is 11.3 Å². The van der Waals surface area contributed by atoms with E-state index in [1.165, 1.54) is 0 Å². The largest absolute Gasteiger partial charge is 0.376 e. The van der Waals surface area contributed by atoms with E-state index in [2.05, 4.69) is 26.2 Å². The van der Waals surface area contributed by atoms with Gasteiger partial charge in [-0.25, -0.2) is 0 Å². The lowest BCUT2D eigenvalue weighted by Gasteiger charge is -2.17. The molecular weight excluding hydrogens is 306 g/mol. The summed E-state index contributed by atoms with van der Waals surface area (Å²) in [6, 6.07) is 9.12. The quantitative estimate of drug-likeness (QED) is 0.945. The number of anilines is 2. The first-order valence-corrected chi connectivity index (χ1v) is 6.55. The molecule has 1 heterocycles. The first-order valence-electron chi connectivity index (χ1n) is 5.76. The number of rotatable bonds is 3. The van der Waals surface area contributed by atoms with Crippen LogP contribution in [-0.2, 0) is 0 Å². The van der Waals surface area contributed by atoms with Crippen molar-refractivity contribution in [2.45, 2.75) is 0 Å². The molecule has 0 aliphatic rings. The third kappa shape index (κ3) is 3.32. The van der Waals surface area contributed by atoms with Gasteiger partial charge < -0.3 is 10.2 Å². The SMILES string of the molecule is CN(C)c1ccncc1NC(=O)c1cccc(Br)c1. The maximum atomic E-state index is 12.2. The summed E-state index contributed by atoms with van der Waals surface area (Å²) in [5.41, 5.74) is 2.21. The number of aromatic nitrogens is 1. The number of hydrogen-bond donors (Lipinski definition) is 1. The summed E-state index contributed by atoms with van der Waals surface area (Å²) in [5, 5.41) is 2.87. The molecule has 1 amide bonds. The van der Waals surface area contributed by atoms with Crippen LogP contribution in [0.3, 0.4) is 0 Å². The van der Waals surface area contributed by atoms with Gasteiger partial charge in [0, 0.05) is 30.3 Å². The number of halogens is 1. The second-order valence-corrected chi connectivity index (χ2v) is 5.17. The molecular formula is C14H14BrN3O. The Kier molecular flexibility index (Phi) is 4.16. The van der Waals surface area contributed by atoms with Gasteiger partial charge in [-0.3, -0.25) is 9.78 Å². The van der Waals surface area contributed by atoms with Gasteiger partial charge in [-0.15, -0.1) is 0 Å². The van der Waals surface area contributed by atoms with E-state index in [9.17, 15) is 4.79 Å². The van der Waals surface area contributed by atoms with Crippen LogP contribution in [0.15, 0.2) is 47.2 Å². The molecule has 2 rings (SSSR count). The Labute approximate surface area is 120 Å². The summed E-state index contributed by atoms with van der Waals surface area (Å²) in [6.07, 6.45) is 3.34. The predicted molar refractivity (Wildman–Crippen MR) is 80.7 cm³/mol. The second-order valence-electron chi connectivity index (χ2n) is 4.25. The number of amides is 1. The summed E-state index contributed by atoms with van der Waals surface area (Å²) in [4.78, 5) is 18.1. The van der Waals surface area contributed by atoms with E-state index in [-0.39, 0.29) is 5.91 Å². The second kappa shape index (κ2) is 5.84. The Morgan fingerprint density at radius 3 is 2.79 bits per heavy atom. The van der Waals surface area contributed by atoms with Crippen LogP contribution in [0, 0.1) is 0 Å². The minimum absolute atomic E-state index is 0.155. The lowest BCUT2D eigenvalue weighted by atomic mass is 10.2. The molecule has 0 radical (unpaired) electrons. The van der Waals surface area contributed by atoms with E-state index in [1.54, 1.807) is 24.5 Å². The van der Waals surface area contributed by atoms with Gasteiger partial charge in [-0.05, 0) is 24.3 Å². The molecule has 1 aromatic carbocycles. The molecule has 0 atom stereocenters. The Morgan fingerprint density at radius 2 is 2.11 bits per heavy atom. The molecule has 0 unspecified atom stereocenters. The number of nitrogens with one attached hydrogen (secondary N) is 1. The van der Waals surface area contributed by atoms with E-state index in [0.717, 1.165) is 10.2 Å². The number of hydrogen-bond acceptors (Lipinski definition) is 3. The Bertz CT molecular complexity index is 599.